The summed E-state index contributed by atoms with van der Waals surface area (Å²) in [5.74, 6) is -0.291. The predicted molar refractivity (Wildman–Crippen MR) is 72.1 cm³/mol. The maximum Gasteiger partial charge on any atom is 0.244 e. The average molecular weight is 293 g/mol. The van der Waals surface area contributed by atoms with E-state index in [1.165, 1.54) is 12.1 Å². The first-order chi connectivity index (χ1) is 9.46. The molecule has 1 aliphatic heterocycles. The second-order valence-electron chi connectivity index (χ2n) is 4.66. The number of carbonyl (C=O) groups excluding carboxylic acids is 1. The Morgan fingerprint density at radius 1 is 1.35 bits per heavy atom. The number of nitrogens with zero attached hydrogens (tertiary/aromatic N) is 2. The van der Waals surface area contributed by atoms with Gasteiger partial charge in [-0.3, -0.25) is 4.79 Å². The van der Waals surface area contributed by atoms with Gasteiger partial charge in [-0.15, -0.1) is 0 Å². The number of sulfonamides is 1. The molecule has 1 fully saturated rings. The molecule has 20 heavy (non-hydrogen) atoms. The van der Waals surface area contributed by atoms with Crippen molar-refractivity contribution in [3.8, 4) is 6.07 Å². The Labute approximate surface area is 117 Å². The van der Waals surface area contributed by atoms with E-state index in [-0.39, 0.29) is 29.3 Å². The van der Waals surface area contributed by atoms with Crippen LogP contribution in [0.15, 0.2) is 29.2 Å². The lowest BCUT2D eigenvalue weighted by atomic mass is 10.1. The maximum atomic E-state index is 12.6. The minimum atomic E-state index is -3.85. The normalized spacial score (nSPS) is 21.2. The van der Waals surface area contributed by atoms with Gasteiger partial charge in [0, 0.05) is 6.54 Å². The molecule has 1 aromatic rings. The van der Waals surface area contributed by atoms with Gasteiger partial charge in [-0.1, -0.05) is 12.1 Å². The summed E-state index contributed by atoms with van der Waals surface area (Å²) in [6, 6.07) is 7.22. The smallest absolute Gasteiger partial charge is 0.244 e. The molecular formula is C13H15N3O3S. The number of ketones is 1. The van der Waals surface area contributed by atoms with Gasteiger partial charge >= 0.3 is 0 Å². The van der Waals surface area contributed by atoms with E-state index in [0.29, 0.717) is 12.8 Å². The highest BCUT2D eigenvalue weighted by molar-refractivity contribution is 7.89. The molecule has 0 saturated carbocycles. The molecule has 1 heterocycles. The van der Waals surface area contributed by atoms with Crippen LogP contribution in [-0.2, 0) is 14.8 Å². The first kappa shape index (κ1) is 14.7. The second-order valence-corrected chi connectivity index (χ2v) is 6.57. The fourth-order valence-corrected chi connectivity index (χ4v) is 3.73. The zero-order valence-electron chi connectivity index (χ0n) is 10.8. The monoisotopic (exact) mass is 293 g/mol. The number of hydrogen-bond acceptors (Lipinski definition) is 5. The zero-order valence-corrected chi connectivity index (χ0v) is 11.6. The first-order valence-electron chi connectivity index (χ1n) is 6.24. The molecule has 1 unspecified atom stereocenters. The van der Waals surface area contributed by atoms with Crippen LogP contribution in [0.5, 0.6) is 0 Å². The number of benzene rings is 1. The standard InChI is InChI=1S/C13H15N3O3S/c14-8-10-4-1-2-6-13(10)20(18,19)16-7-3-5-11(15)12(17)9-16/h1-2,4,6,11H,3,5,7,9,15H2. The highest BCUT2D eigenvalue weighted by atomic mass is 32.2. The van der Waals surface area contributed by atoms with Crippen LogP contribution in [-0.4, -0.2) is 37.6 Å². The van der Waals surface area contributed by atoms with Crippen molar-refractivity contribution < 1.29 is 13.2 Å². The minimum absolute atomic E-state index is 0.0641. The van der Waals surface area contributed by atoms with Crippen LogP contribution in [0, 0.1) is 11.3 Å². The molecule has 7 heteroatoms. The lowest BCUT2D eigenvalue weighted by Gasteiger charge is -2.19. The molecule has 6 nitrogen and oxygen atoms in total. The molecular weight excluding hydrogens is 278 g/mol. The Hall–Kier alpha value is -1.75. The number of nitrogens with two attached hydrogens (primary N) is 1. The Kier molecular flexibility index (Phi) is 4.18. The quantitative estimate of drug-likeness (QED) is 0.841. The van der Waals surface area contributed by atoms with Crippen LogP contribution >= 0.6 is 0 Å². The van der Waals surface area contributed by atoms with E-state index in [1.807, 2.05) is 6.07 Å². The highest BCUT2D eigenvalue weighted by Gasteiger charge is 2.32. The zero-order chi connectivity index (χ0) is 14.8. The molecule has 0 bridgehead atoms. The number of nitriles is 1. The molecule has 1 atom stereocenters. The van der Waals surface area contributed by atoms with Gasteiger partial charge in [0.05, 0.1) is 23.0 Å². The topological polar surface area (TPSA) is 104 Å². The summed E-state index contributed by atoms with van der Waals surface area (Å²) in [6.07, 6.45) is 1.01. The van der Waals surface area contributed by atoms with Gasteiger partial charge in [0.2, 0.25) is 10.0 Å². The van der Waals surface area contributed by atoms with Crippen molar-refractivity contribution in [1.29, 1.82) is 5.26 Å². The third-order valence-electron chi connectivity index (χ3n) is 3.29. The molecule has 106 valence electrons. The minimum Gasteiger partial charge on any atom is -0.321 e. The van der Waals surface area contributed by atoms with Gasteiger partial charge in [0.1, 0.15) is 6.07 Å². The summed E-state index contributed by atoms with van der Waals surface area (Å²) >= 11 is 0. The molecule has 0 radical (unpaired) electrons. The van der Waals surface area contributed by atoms with E-state index >= 15 is 0 Å². The number of rotatable bonds is 2. The fraction of sp³-hybridized carbons (Fsp3) is 0.385. The molecule has 0 spiro atoms. The molecule has 0 aliphatic carbocycles. The first-order valence-corrected chi connectivity index (χ1v) is 7.68. The van der Waals surface area contributed by atoms with Gasteiger partial charge in [0.25, 0.3) is 0 Å². The van der Waals surface area contributed by atoms with Crippen molar-refractivity contribution in [3.63, 3.8) is 0 Å². The van der Waals surface area contributed by atoms with E-state index in [1.54, 1.807) is 12.1 Å². The van der Waals surface area contributed by atoms with E-state index in [9.17, 15) is 13.2 Å². The number of hydrogen-bond donors (Lipinski definition) is 1. The van der Waals surface area contributed by atoms with Crippen molar-refractivity contribution in [2.45, 2.75) is 23.8 Å². The molecule has 2 N–H and O–H groups in total. The summed E-state index contributed by atoms with van der Waals surface area (Å²) < 4.78 is 26.2. The van der Waals surface area contributed by atoms with Gasteiger partial charge in [-0.05, 0) is 25.0 Å². The summed E-state index contributed by atoms with van der Waals surface area (Å²) in [6.45, 7) is 0.00476. The number of carbonyl (C=O) groups is 1. The molecule has 1 aromatic carbocycles. The van der Waals surface area contributed by atoms with E-state index in [0.717, 1.165) is 4.31 Å². The Balaban J connectivity index is 2.40. The summed E-state index contributed by atoms with van der Waals surface area (Å²) in [5, 5.41) is 9.01. The molecule has 1 aliphatic rings. The summed E-state index contributed by atoms with van der Waals surface area (Å²) in [7, 11) is -3.85. The van der Waals surface area contributed by atoms with E-state index in [2.05, 4.69) is 0 Å². The Morgan fingerprint density at radius 2 is 2.05 bits per heavy atom. The lowest BCUT2D eigenvalue weighted by Crippen LogP contribution is -2.39. The van der Waals surface area contributed by atoms with Gasteiger partial charge in [0.15, 0.2) is 5.78 Å². The highest BCUT2D eigenvalue weighted by Crippen LogP contribution is 2.21. The summed E-state index contributed by atoms with van der Waals surface area (Å²) in [5.41, 5.74) is 5.73. The van der Waals surface area contributed by atoms with Crippen molar-refractivity contribution in [1.82, 2.24) is 4.31 Å². The van der Waals surface area contributed by atoms with Crippen LogP contribution in [0.3, 0.4) is 0 Å². The molecule has 1 saturated heterocycles. The van der Waals surface area contributed by atoms with Gasteiger partial charge < -0.3 is 5.73 Å². The largest absolute Gasteiger partial charge is 0.321 e. The third kappa shape index (κ3) is 2.72. The average Bonchev–Trinajstić information content (AvgIpc) is 2.61. The fourth-order valence-electron chi connectivity index (χ4n) is 2.15. The van der Waals surface area contributed by atoms with Crippen molar-refractivity contribution >= 4 is 15.8 Å². The number of Topliss-reactive ketones (excluding diaryl/α,β-unsaturated/α-hetero) is 1. The van der Waals surface area contributed by atoms with Crippen LogP contribution in [0.1, 0.15) is 18.4 Å². The van der Waals surface area contributed by atoms with E-state index < -0.39 is 16.1 Å². The molecule has 2 rings (SSSR count). The second kappa shape index (κ2) is 5.71. The van der Waals surface area contributed by atoms with Crippen molar-refractivity contribution in [2.75, 3.05) is 13.1 Å². The van der Waals surface area contributed by atoms with Crippen LogP contribution < -0.4 is 5.73 Å². The predicted octanol–water partition coefficient (Wildman–Crippen LogP) is 0.239. The maximum absolute atomic E-state index is 12.6. The van der Waals surface area contributed by atoms with Gasteiger partial charge in [-0.2, -0.15) is 9.57 Å². The lowest BCUT2D eigenvalue weighted by molar-refractivity contribution is -0.120. The SMILES string of the molecule is N#Cc1ccccc1S(=O)(=O)N1CCCC(N)C(=O)C1. The molecule has 0 amide bonds. The molecule has 0 aromatic heterocycles. The van der Waals surface area contributed by atoms with Gasteiger partial charge in [-0.25, -0.2) is 8.42 Å². The van der Waals surface area contributed by atoms with Crippen LogP contribution in [0.25, 0.3) is 0 Å². The van der Waals surface area contributed by atoms with Crippen molar-refractivity contribution in [3.05, 3.63) is 29.8 Å². The van der Waals surface area contributed by atoms with Crippen LogP contribution in [0.2, 0.25) is 0 Å². The third-order valence-corrected chi connectivity index (χ3v) is 5.20. The Morgan fingerprint density at radius 3 is 2.75 bits per heavy atom. The summed E-state index contributed by atoms with van der Waals surface area (Å²) in [4.78, 5) is 11.7. The van der Waals surface area contributed by atoms with Crippen molar-refractivity contribution in [2.24, 2.45) is 5.73 Å². The Bertz CT molecular complexity index is 664. The van der Waals surface area contributed by atoms with E-state index in [4.69, 9.17) is 11.0 Å². The van der Waals surface area contributed by atoms with Crippen LogP contribution in [0.4, 0.5) is 0 Å².